The predicted molar refractivity (Wildman–Crippen MR) is 110 cm³/mol. The molecule has 0 saturated heterocycles. The number of carbonyl (C=O) groups is 1. The number of guanidine groups is 1. The number of rotatable bonds is 9. The number of hydrogen-bond donors (Lipinski definition) is 4. The number of nitrogens with two attached hydrogens (primary N) is 2. The first kappa shape index (κ1) is 22.8. The van der Waals surface area contributed by atoms with Gasteiger partial charge in [0.1, 0.15) is 11.5 Å². The van der Waals surface area contributed by atoms with Gasteiger partial charge in [-0.05, 0) is 48.3 Å². The molecule has 0 bridgehead atoms. The number of phenolic OH excluding ortho intramolecular Hbond substituents is 1. The van der Waals surface area contributed by atoms with E-state index in [9.17, 15) is 18.3 Å². The summed E-state index contributed by atoms with van der Waals surface area (Å²) in [7, 11) is -4.15. The quantitative estimate of drug-likeness (QED) is 0.146. The molecule has 0 aliphatic carbocycles. The van der Waals surface area contributed by atoms with E-state index in [1.54, 1.807) is 32.0 Å². The van der Waals surface area contributed by atoms with Crippen LogP contribution in [0.3, 0.4) is 0 Å². The van der Waals surface area contributed by atoms with Crippen LogP contribution in [0.1, 0.15) is 16.7 Å². The second-order valence-corrected chi connectivity index (χ2v) is 7.98. The minimum atomic E-state index is -4.15. The Morgan fingerprint density at radius 1 is 1.20 bits per heavy atom. The van der Waals surface area contributed by atoms with Crippen LogP contribution in [-0.4, -0.2) is 38.5 Å². The summed E-state index contributed by atoms with van der Waals surface area (Å²) in [5.41, 5.74) is 11.8. The highest BCUT2D eigenvalue weighted by molar-refractivity contribution is 7.87. The van der Waals surface area contributed by atoms with E-state index in [0.29, 0.717) is 5.56 Å². The van der Waals surface area contributed by atoms with Crippen molar-refractivity contribution in [3.63, 3.8) is 0 Å². The molecule has 0 spiro atoms. The highest BCUT2D eigenvalue weighted by atomic mass is 32.2. The van der Waals surface area contributed by atoms with Crippen molar-refractivity contribution < 1.29 is 27.3 Å². The lowest BCUT2D eigenvalue weighted by Gasteiger charge is -2.14. The summed E-state index contributed by atoms with van der Waals surface area (Å²) in [5.74, 6) is -1.33. The van der Waals surface area contributed by atoms with Crippen LogP contribution in [0.15, 0.2) is 46.4 Å². The normalized spacial score (nSPS) is 10.9. The molecule has 0 fully saturated rings. The second-order valence-electron chi connectivity index (χ2n) is 6.44. The average molecular weight is 436 g/mol. The van der Waals surface area contributed by atoms with E-state index in [1.165, 1.54) is 18.2 Å². The van der Waals surface area contributed by atoms with Gasteiger partial charge in [-0.3, -0.25) is 4.79 Å². The number of carbonyl (C=O) groups excluding carboxylic acids is 1. The van der Waals surface area contributed by atoms with Crippen molar-refractivity contribution in [1.82, 2.24) is 5.32 Å². The summed E-state index contributed by atoms with van der Waals surface area (Å²) >= 11 is 0. The van der Waals surface area contributed by atoms with Gasteiger partial charge in [-0.15, -0.1) is 0 Å². The fourth-order valence-electron chi connectivity index (χ4n) is 2.52. The summed E-state index contributed by atoms with van der Waals surface area (Å²) in [6, 6.07) is 9.09. The van der Waals surface area contributed by atoms with E-state index in [2.05, 4.69) is 10.5 Å². The van der Waals surface area contributed by atoms with E-state index in [-0.39, 0.29) is 41.7 Å². The lowest BCUT2D eigenvalue weighted by atomic mass is 10.0. The summed E-state index contributed by atoms with van der Waals surface area (Å²) in [4.78, 5) is 16.9. The molecule has 6 N–H and O–H groups in total. The van der Waals surface area contributed by atoms with Gasteiger partial charge < -0.3 is 30.9 Å². The fraction of sp³-hybridized carbons (Fsp3) is 0.263. The van der Waals surface area contributed by atoms with Crippen LogP contribution in [0.2, 0.25) is 0 Å². The smallest absolute Gasteiger partial charge is 0.339 e. The Morgan fingerprint density at radius 3 is 2.60 bits per heavy atom. The van der Waals surface area contributed by atoms with Crippen LogP contribution < -0.4 is 21.0 Å². The van der Waals surface area contributed by atoms with Crippen molar-refractivity contribution in [3.8, 4) is 11.5 Å². The lowest BCUT2D eigenvalue weighted by Crippen LogP contribution is -2.29. The molecule has 0 unspecified atom stereocenters. The van der Waals surface area contributed by atoms with Crippen LogP contribution in [-0.2, 0) is 26.2 Å². The SMILES string of the molecule is Cc1cccc(S(=O)(=O)Oc2ccc(C)c(CC(=O)NCCON=C(N)N)c2O)c1. The highest BCUT2D eigenvalue weighted by Gasteiger charge is 2.22. The largest absolute Gasteiger partial charge is 0.504 e. The topological polar surface area (TPSA) is 166 Å². The molecule has 0 aliphatic rings. The van der Waals surface area contributed by atoms with Gasteiger partial charge in [0.25, 0.3) is 0 Å². The Hall–Kier alpha value is -3.47. The van der Waals surface area contributed by atoms with Gasteiger partial charge in [-0.25, -0.2) is 0 Å². The number of aryl methyl sites for hydroxylation is 2. The highest BCUT2D eigenvalue weighted by Crippen LogP contribution is 2.34. The number of nitrogens with zero attached hydrogens (tertiary/aromatic N) is 1. The van der Waals surface area contributed by atoms with E-state index in [0.717, 1.165) is 5.56 Å². The summed E-state index contributed by atoms with van der Waals surface area (Å²) in [6.07, 6.45) is -0.193. The number of nitrogens with one attached hydrogen (secondary N) is 1. The Morgan fingerprint density at radius 2 is 1.93 bits per heavy atom. The van der Waals surface area contributed by atoms with E-state index in [1.807, 2.05) is 0 Å². The van der Waals surface area contributed by atoms with Crippen LogP contribution >= 0.6 is 0 Å². The van der Waals surface area contributed by atoms with Gasteiger partial charge >= 0.3 is 10.1 Å². The van der Waals surface area contributed by atoms with Gasteiger partial charge in [-0.1, -0.05) is 18.2 Å². The number of amides is 1. The number of benzene rings is 2. The third-order valence-electron chi connectivity index (χ3n) is 3.98. The molecule has 0 radical (unpaired) electrons. The van der Waals surface area contributed by atoms with Crippen LogP contribution in [0.4, 0.5) is 0 Å². The molecule has 10 nitrogen and oxygen atoms in total. The third kappa shape index (κ3) is 6.27. The molecule has 11 heteroatoms. The minimum Gasteiger partial charge on any atom is -0.504 e. The van der Waals surface area contributed by atoms with Crippen LogP contribution in [0.5, 0.6) is 11.5 Å². The first-order chi connectivity index (χ1) is 14.1. The fourth-order valence-corrected chi connectivity index (χ4v) is 3.57. The molecule has 0 aromatic heterocycles. The molecule has 162 valence electrons. The summed E-state index contributed by atoms with van der Waals surface area (Å²) in [6.45, 7) is 3.62. The maximum Gasteiger partial charge on any atom is 0.339 e. The maximum absolute atomic E-state index is 12.5. The Bertz CT molecular complexity index is 1050. The first-order valence-corrected chi connectivity index (χ1v) is 10.3. The Kier molecular flexibility index (Phi) is 7.48. The Labute approximate surface area is 174 Å². The summed E-state index contributed by atoms with van der Waals surface area (Å²) in [5, 5.41) is 16.4. The third-order valence-corrected chi connectivity index (χ3v) is 5.21. The van der Waals surface area contributed by atoms with E-state index < -0.39 is 21.8 Å². The molecule has 0 atom stereocenters. The van der Waals surface area contributed by atoms with Gasteiger partial charge in [-0.2, -0.15) is 8.42 Å². The van der Waals surface area contributed by atoms with Gasteiger partial charge in [0.15, 0.2) is 11.5 Å². The second kappa shape index (κ2) is 9.83. The van der Waals surface area contributed by atoms with Gasteiger partial charge in [0.2, 0.25) is 11.9 Å². The van der Waals surface area contributed by atoms with Crippen molar-refractivity contribution in [3.05, 3.63) is 53.1 Å². The van der Waals surface area contributed by atoms with E-state index >= 15 is 0 Å². The van der Waals surface area contributed by atoms with Crippen molar-refractivity contribution in [1.29, 1.82) is 0 Å². The van der Waals surface area contributed by atoms with E-state index in [4.69, 9.17) is 20.5 Å². The number of aromatic hydroxyl groups is 1. The number of phenols is 1. The van der Waals surface area contributed by atoms with Crippen molar-refractivity contribution in [2.45, 2.75) is 25.2 Å². The Balaban J connectivity index is 2.11. The van der Waals surface area contributed by atoms with Crippen molar-refractivity contribution in [2.24, 2.45) is 16.6 Å². The maximum atomic E-state index is 12.5. The molecule has 30 heavy (non-hydrogen) atoms. The zero-order valence-electron chi connectivity index (χ0n) is 16.6. The standard InChI is InChI=1S/C19H24N4O6S/c1-12-4-3-5-14(10-12)30(26,27)29-16-7-6-13(2)15(18(16)25)11-17(24)22-8-9-28-23-19(20)21/h3-7,10,25H,8-9,11H2,1-2H3,(H,22,24)(H4,20,21,23). The monoisotopic (exact) mass is 436 g/mol. The molecule has 2 rings (SSSR count). The number of oxime groups is 1. The van der Waals surface area contributed by atoms with Crippen molar-refractivity contribution >= 4 is 22.0 Å². The average Bonchev–Trinajstić information content (AvgIpc) is 2.67. The van der Waals surface area contributed by atoms with Gasteiger partial charge in [0, 0.05) is 5.56 Å². The molecule has 1 amide bonds. The van der Waals surface area contributed by atoms with Crippen LogP contribution in [0.25, 0.3) is 0 Å². The van der Waals surface area contributed by atoms with Gasteiger partial charge in [0.05, 0.1) is 13.0 Å². The molecule has 0 aliphatic heterocycles. The van der Waals surface area contributed by atoms with Crippen molar-refractivity contribution in [2.75, 3.05) is 13.2 Å². The summed E-state index contributed by atoms with van der Waals surface area (Å²) < 4.78 is 30.2. The number of hydrogen-bond acceptors (Lipinski definition) is 7. The molecule has 2 aromatic carbocycles. The zero-order chi connectivity index (χ0) is 22.3. The molecular formula is C19H24N4O6S. The molecule has 0 saturated carbocycles. The molecular weight excluding hydrogens is 412 g/mol. The van der Waals surface area contributed by atoms with Crippen LogP contribution in [0, 0.1) is 13.8 Å². The predicted octanol–water partition coefficient (Wildman–Crippen LogP) is 0.640. The lowest BCUT2D eigenvalue weighted by molar-refractivity contribution is -0.120. The molecule has 2 aromatic rings. The zero-order valence-corrected chi connectivity index (χ0v) is 17.4. The first-order valence-electron chi connectivity index (χ1n) is 8.90. The minimum absolute atomic E-state index is 0.0393. The molecule has 0 heterocycles.